The summed E-state index contributed by atoms with van der Waals surface area (Å²) in [7, 11) is 0. The summed E-state index contributed by atoms with van der Waals surface area (Å²) in [6.07, 6.45) is 4.99. The van der Waals surface area contributed by atoms with Gasteiger partial charge in [-0.3, -0.25) is 4.99 Å². The van der Waals surface area contributed by atoms with Crippen molar-refractivity contribution in [2.24, 2.45) is 4.99 Å². The van der Waals surface area contributed by atoms with Gasteiger partial charge in [0.15, 0.2) is 5.96 Å². The Balaban J connectivity index is 1.43. The normalized spacial score (nSPS) is 19.6. The predicted octanol–water partition coefficient (Wildman–Crippen LogP) is 3.32. The first-order chi connectivity index (χ1) is 15.2. The topological polar surface area (TPSA) is 46.1 Å². The van der Waals surface area contributed by atoms with E-state index in [1.165, 1.54) is 82.9 Å². The van der Waals surface area contributed by atoms with E-state index in [1.54, 1.807) is 0 Å². The van der Waals surface area contributed by atoms with Crippen LogP contribution in [0.5, 0.6) is 0 Å². The van der Waals surface area contributed by atoms with Crippen molar-refractivity contribution in [1.82, 2.24) is 20.4 Å². The molecule has 0 radical (unpaired) electrons. The Morgan fingerprint density at radius 3 is 2.45 bits per heavy atom. The van der Waals surface area contributed by atoms with Gasteiger partial charge in [0.2, 0.25) is 0 Å². The maximum absolute atomic E-state index is 4.84. The van der Waals surface area contributed by atoms with Crippen LogP contribution in [0, 0.1) is 0 Å². The fraction of sp³-hybridized carbons (Fsp3) is 0.720. The zero-order valence-corrected chi connectivity index (χ0v) is 20.1. The fourth-order valence-corrected chi connectivity index (χ4v) is 4.54. The van der Waals surface area contributed by atoms with E-state index in [0.717, 1.165) is 25.5 Å². The Morgan fingerprint density at radius 2 is 1.74 bits per heavy atom. The van der Waals surface area contributed by atoms with E-state index in [2.05, 4.69) is 70.4 Å². The Bertz CT molecular complexity index is 662. The van der Waals surface area contributed by atoms with E-state index in [0.29, 0.717) is 0 Å². The van der Waals surface area contributed by atoms with Gasteiger partial charge >= 0.3 is 0 Å². The number of anilines is 1. The van der Waals surface area contributed by atoms with Crippen LogP contribution in [0.25, 0.3) is 0 Å². The Hall–Kier alpha value is -1.79. The number of piperazine rings is 1. The molecule has 0 saturated carbocycles. The molecule has 1 unspecified atom stereocenters. The molecular formula is C25H44N6. The van der Waals surface area contributed by atoms with Gasteiger partial charge < -0.3 is 25.3 Å². The van der Waals surface area contributed by atoms with E-state index < -0.39 is 0 Å². The quantitative estimate of drug-likeness (QED) is 0.340. The molecule has 2 saturated heterocycles. The molecule has 2 heterocycles. The lowest BCUT2D eigenvalue weighted by molar-refractivity contribution is 0.136. The number of likely N-dealkylation sites (N-methyl/N-ethyl adjacent to an activating group) is 1. The summed E-state index contributed by atoms with van der Waals surface area (Å²) in [5.74, 6) is 0.929. The SMILES string of the molecule is CCNC(=NCCCCN1CCN(CC)CC1)NC(C)c1cccc(N2CCCC2)c1. The number of rotatable bonds is 10. The summed E-state index contributed by atoms with van der Waals surface area (Å²) >= 11 is 0. The number of nitrogens with zero attached hydrogens (tertiary/aromatic N) is 4. The lowest BCUT2D eigenvalue weighted by atomic mass is 10.1. The lowest BCUT2D eigenvalue weighted by Gasteiger charge is -2.33. The number of unbranched alkanes of at least 4 members (excludes halogenated alkanes) is 1. The van der Waals surface area contributed by atoms with E-state index in [9.17, 15) is 0 Å². The van der Waals surface area contributed by atoms with E-state index in [1.807, 2.05) is 0 Å². The monoisotopic (exact) mass is 428 g/mol. The minimum atomic E-state index is 0.232. The van der Waals surface area contributed by atoms with Gasteiger partial charge in [-0.05, 0) is 70.3 Å². The van der Waals surface area contributed by atoms with Crippen molar-refractivity contribution in [1.29, 1.82) is 0 Å². The van der Waals surface area contributed by atoms with E-state index in [-0.39, 0.29) is 6.04 Å². The molecule has 6 heteroatoms. The van der Waals surface area contributed by atoms with Gasteiger partial charge in [-0.25, -0.2) is 0 Å². The van der Waals surface area contributed by atoms with Crippen molar-refractivity contribution < 1.29 is 0 Å². The average Bonchev–Trinajstić information content (AvgIpc) is 3.34. The standard InChI is InChI=1S/C25H44N6/c1-4-26-25(27-13-6-7-14-30-19-17-29(5-2)18-20-30)28-22(3)23-11-10-12-24(21-23)31-15-8-9-16-31/h10-12,21-22H,4-9,13-20H2,1-3H3,(H2,26,27,28). The van der Waals surface area contributed by atoms with Crippen LogP contribution < -0.4 is 15.5 Å². The van der Waals surface area contributed by atoms with E-state index in [4.69, 9.17) is 4.99 Å². The predicted molar refractivity (Wildman–Crippen MR) is 133 cm³/mol. The first-order valence-corrected chi connectivity index (χ1v) is 12.5. The van der Waals surface area contributed by atoms with Crippen LogP contribution in [-0.2, 0) is 0 Å². The molecule has 3 rings (SSSR count). The number of benzene rings is 1. The summed E-state index contributed by atoms with van der Waals surface area (Å²) in [6, 6.07) is 9.22. The third-order valence-electron chi connectivity index (χ3n) is 6.60. The minimum Gasteiger partial charge on any atom is -0.372 e. The average molecular weight is 429 g/mol. The molecule has 1 atom stereocenters. The van der Waals surface area contributed by atoms with Crippen LogP contribution in [0.2, 0.25) is 0 Å². The molecule has 2 fully saturated rings. The van der Waals surface area contributed by atoms with Crippen LogP contribution in [0.4, 0.5) is 5.69 Å². The molecule has 1 aromatic carbocycles. The van der Waals surface area contributed by atoms with Gasteiger partial charge in [-0.2, -0.15) is 0 Å². The van der Waals surface area contributed by atoms with Crippen molar-refractivity contribution in [3.63, 3.8) is 0 Å². The minimum absolute atomic E-state index is 0.232. The highest BCUT2D eigenvalue weighted by atomic mass is 15.3. The van der Waals surface area contributed by atoms with Crippen LogP contribution in [0.1, 0.15) is 58.1 Å². The highest BCUT2D eigenvalue weighted by molar-refractivity contribution is 5.80. The first-order valence-electron chi connectivity index (χ1n) is 12.5. The second-order valence-electron chi connectivity index (χ2n) is 8.90. The molecule has 174 valence electrons. The van der Waals surface area contributed by atoms with Crippen molar-refractivity contribution in [3.8, 4) is 0 Å². The number of hydrogen-bond donors (Lipinski definition) is 2. The fourth-order valence-electron chi connectivity index (χ4n) is 4.54. The second-order valence-corrected chi connectivity index (χ2v) is 8.90. The molecule has 0 aromatic heterocycles. The van der Waals surface area contributed by atoms with Crippen molar-refractivity contribution in [2.45, 2.75) is 52.5 Å². The summed E-state index contributed by atoms with van der Waals surface area (Å²) < 4.78 is 0. The van der Waals surface area contributed by atoms with E-state index >= 15 is 0 Å². The first kappa shape index (κ1) is 23.9. The number of hydrogen-bond acceptors (Lipinski definition) is 4. The molecule has 0 bridgehead atoms. The summed E-state index contributed by atoms with van der Waals surface area (Å²) in [6.45, 7) is 18.0. The van der Waals surface area contributed by atoms with Gasteiger partial charge in [0.25, 0.3) is 0 Å². The molecule has 2 aliphatic heterocycles. The van der Waals surface area contributed by atoms with Crippen LogP contribution in [0.3, 0.4) is 0 Å². The maximum atomic E-state index is 4.84. The van der Waals surface area contributed by atoms with Crippen LogP contribution in [0.15, 0.2) is 29.3 Å². The summed E-state index contributed by atoms with van der Waals surface area (Å²) in [4.78, 5) is 12.5. The molecule has 0 amide bonds. The van der Waals surface area contributed by atoms with Gasteiger partial charge in [-0.1, -0.05) is 19.1 Å². The molecule has 2 N–H and O–H groups in total. The Morgan fingerprint density at radius 1 is 1.00 bits per heavy atom. The number of nitrogens with one attached hydrogen (secondary N) is 2. The lowest BCUT2D eigenvalue weighted by Crippen LogP contribution is -2.46. The molecule has 1 aromatic rings. The maximum Gasteiger partial charge on any atom is 0.191 e. The molecule has 6 nitrogen and oxygen atoms in total. The Labute approximate surface area is 190 Å². The second kappa shape index (κ2) is 12.9. The summed E-state index contributed by atoms with van der Waals surface area (Å²) in [5.41, 5.74) is 2.67. The molecular weight excluding hydrogens is 384 g/mol. The smallest absolute Gasteiger partial charge is 0.191 e. The Kier molecular flexibility index (Phi) is 9.94. The van der Waals surface area contributed by atoms with Crippen LogP contribution >= 0.6 is 0 Å². The molecule has 2 aliphatic rings. The van der Waals surface area contributed by atoms with Gasteiger partial charge in [0.1, 0.15) is 0 Å². The highest BCUT2D eigenvalue weighted by Crippen LogP contribution is 2.23. The van der Waals surface area contributed by atoms with Crippen LogP contribution in [-0.4, -0.2) is 81.2 Å². The largest absolute Gasteiger partial charge is 0.372 e. The van der Waals surface area contributed by atoms with Crippen molar-refractivity contribution in [2.75, 3.05) is 70.3 Å². The zero-order valence-electron chi connectivity index (χ0n) is 20.1. The van der Waals surface area contributed by atoms with Gasteiger partial charge in [0, 0.05) is 58.0 Å². The molecule has 0 spiro atoms. The van der Waals surface area contributed by atoms with Gasteiger partial charge in [0.05, 0.1) is 6.04 Å². The zero-order chi connectivity index (χ0) is 21.9. The molecule has 31 heavy (non-hydrogen) atoms. The molecule has 0 aliphatic carbocycles. The van der Waals surface area contributed by atoms with Gasteiger partial charge in [-0.15, -0.1) is 0 Å². The highest BCUT2D eigenvalue weighted by Gasteiger charge is 2.15. The number of aliphatic imine (C=N–C) groups is 1. The third kappa shape index (κ3) is 7.69. The van der Waals surface area contributed by atoms with Crippen molar-refractivity contribution in [3.05, 3.63) is 29.8 Å². The van der Waals surface area contributed by atoms with Crippen molar-refractivity contribution >= 4 is 11.6 Å². The third-order valence-corrected chi connectivity index (χ3v) is 6.60. The summed E-state index contributed by atoms with van der Waals surface area (Å²) in [5, 5.41) is 7.03. The number of guanidine groups is 1.